The van der Waals surface area contributed by atoms with Crippen molar-refractivity contribution >= 4 is 56.0 Å². The number of H-pyrrole nitrogens is 4. The lowest BCUT2D eigenvalue weighted by atomic mass is 10.0. The molecular weight excluding hydrogens is 476 g/mol. The number of anilines is 2. The lowest BCUT2D eigenvalue weighted by Crippen LogP contribution is -2.13. The molecule has 11 heteroatoms. The number of phenolic OH excluding ortho intramolecular Hbond substituents is 1. The molecule has 0 fully saturated rings. The van der Waals surface area contributed by atoms with Crippen LogP contribution in [0.25, 0.3) is 32.8 Å². The van der Waals surface area contributed by atoms with E-state index in [9.17, 15) is 24.3 Å². The third kappa shape index (κ3) is 4.10. The Morgan fingerprint density at radius 1 is 0.595 bits per heavy atom. The topological polar surface area (TPSA) is 176 Å². The zero-order valence-electron chi connectivity index (χ0n) is 18.9. The fourth-order valence-corrected chi connectivity index (χ4v) is 4.23. The molecule has 2 heterocycles. The van der Waals surface area contributed by atoms with Crippen molar-refractivity contribution in [2.75, 3.05) is 10.6 Å². The van der Waals surface area contributed by atoms with Gasteiger partial charge in [-0.15, -0.1) is 0 Å². The fraction of sp³-hybridized carbons (Fsp3) is 0. The second-order valence-electron chi connectivity index (χ2n) is 8.52. The van der Waals surface area contributed by atoms with Gasteiger partial charge in [0.2, 0.25) is 0 Å². The van der Waals surface area contributed by atoms with Gasteiger partial charge in [0, 0.05) is 16.9 Å². The Hall–Kier alpha value is -5.58. The molecule has 7 N–H and O–H groups in total. The lowest BCUT2D eigenvalue weighted by Gasteiger charge is -2.10. The third-order valence-electron chi connectivity index (χ3n) is 6.01. The molecule has 0 atom stereocenters. The third-order valence-corrected chi connectivity index (χ3v) is 6.01. The minimum atomic E-state index is -0.555. The predicted molar refractivity (Wildman–Crippen MR) is 139 cm³/mol. The van der Waals surface area contributed by atoms with Gasteiger partial charge in [-0.05, 0) is 71.4 Å². The van der Waals surface area contributed by atoms with Crippen LogP contribution in [-0.2, 0) is 0 Å². The number of benzene rings is 4. The van der Waals surface area contributed by atoms with E-state index in [0.29, 0.717) is 49.8 Å². The average molecular weight is 494 g/mol. The van der Waals surface area contributed by atoms with E-state index in [2.05, 4.69) is 30.6 Å². The normalized spacial score (nSPS) is 11.2. The van der Waals surface area contributed by atoms with Gasteiger partial charge in [-0.3, -0.25) is 9.59 Å². The molecule has 0 aliphatic carbocycles. The number of hydrogen-bond donors (Lipinski definition) is 7. The lowest BCUT2D eigenvalue weighted by molar-refractivity contribution is 0.101. The van der Waals surface area contributed by atoms with Crippen molar-refractivity contribution in [1.29, 1.82) is 0 Å². The van der Waals surface area contributed by atoms with Crippen LogP contribution in [0.4, 0.5) is 11.4 Å². The summed E-state index contributed by atoms with van der Waals surface area (Å²) < 4.78 is 0. The van der Waals surface area contributed by atoms with E-state index in [4.69, 9.17) is 0 Å². The summed E-state index contributed by atoms with van der Waals surface area (Å²) in [5.41, 5.74) is 2.92. The van der Waals surface area contributed by atoms with E-state index in [-0.39, 0.29) is 28.6 Å². The number of rotatable bonds is 4. The van der Waals surface area contributed by atoms with Crippen LogP contribution in [0, 0.1) is 0 Å². The van der Waals surface area contributed by atoms with Crippen LogP contribution in [0.1, 0.15) is 20.7 Å². The van der Waals surface area contributed by atoms with Crippen LogP contribution in [0.2, 0.25) is 0 Å². The summed E-state index contributed by atoms with van der Waals surface area (Å²) in [5.74, 6) is -1.15. The van der Waals surface area contributed by atoms with E-state index in [0.717, 1.165) is 0 Å². The van der Waals surface area contributed by atoms with Gasteiger partial charge in [0.05, 0.1) is 27.6 Å². The SMILES string of the molecule is O=C(Nc1ccc2[nH]c(=O)[nH]c2c1)c1ccc2cc(O)c(C(=O)Nc3ccc4[nH]c(=O)[nH]c4c3)cc2c1. The summed E-state index contributed by atoms with van der Waals surface area (Å²) in [6.45, 7) is 0. The molecule has 37 heavy (non-hydrogen) atoms. The van der Waals surface area contributed by atoms with Gasteiger partial charge in [0.15, 0.2) is 0 Å². The van der Waals surface area contributed by atoms with Crippen molar-refractivity contribution < 1.29 is 14.7 Å². The van der Waals surface area contributed by atoms with Crippen molar-refractivity contribution in [2.24, 2.45) is 0 Å². The maximum Gasteiger partial charge on any atom is 0.323 e. The summed E-state index contributed by atoms with van der Waals surface area (Å²) in [4.78, 5) is 59.3. The summed E-state index contributed by atoms with van der Waals surface area (Å²) in [5, 5.41) is 17.2. The van der Waals surface area contributed by atoms with Gasteiger partial charge in [-0.25, -0.2) is 9.59 Å². The van der Waals surface area contributed by atoms with E-state index in [1.54, 1.807) is 54.6 Å². The number of nitrogens with one attached hydrogen (secondary N) is 6. The Kier molecular flexibility index (Phi) is 4.90. The number of aromatic amines is 4. The molecule has 11 nitrogen and oxygen atoms in total. The van der Waals surface area contributed by atoms with Crippen molar-refractivity contribution in [3.8, 4) is 5.75 Å². The predicted octanol–water partition coefficient (Wildman–Crippen LogP) is 3.39. The van der Waals surface area contributed by atoms with Crippen LogP contribution in [0.5, 0.6) is 5.75 Å². The maximum absolute atomic E-state index is 12.9. The molecule has 0 unspecified atom stereocenters. The average Bonchev–Trinajstić information content (AvgIpc) is 3.42. The van der Waals surface area contributed by atoms with Gasteiger partial charge in [-0.2, -0.15) is 0 Å². The first-order valence-corrected chi connectivity index (χ1v) is 11.2. The molecule has 0 radical (unpaired) electrons. The van der Waals surface area contributed by atoms with Crippen molar-refractivity contribution in [3.05, 3.63) is 98.8 Å². The van der Waals surface area contributed by atoms with Gasteiger partial charge in [-0.1, -0.05) is 6.07 Å². The number of carbonyl (C=O) groups is 2. The van der Waals surface area contributed by atoms with Crippen LogP contribution in [0.3, 0.4) is 0 Å². The highest BCUT2D eigenvalue weighted by molar-refractivity contribution is 6.11. The smallest absolute Gasteiger partial charge is 0.323 e. The van der Waals surface area contributed by atoms with E-state index >= 15 is 0 Å². The molecule has 6 aromatic rings. The first-order chi connectivity index (χ1) is 17.8. The minimum absolute atomic E-state index is 0.0228. The van der Waals surface area contributed by atoms with Crippen molar-refractivity contribution in [3.63, 3.8) is 0 Å². The summed E-state index contributed by atoms with van der Waals surface area (Å²) >= 11 is 0. The Labute approximate surface area is 206 Å². The Morgan fingerprint density at radius 3 is 1.78 bits per heavy atom. The number of phenols is 1. The Balaban J connectivity index is 1.27. The van der Waals surface area contributed by atoms with Gasteiger partial charge < -0.3 is 35.7 Å². The first kappa shape index (κ1) is 21.9. The molecule has 0 saturated carbocycles. The standard InChI is InChI=1S/C26H18N6O5/c33-22-9-12-1-2-13(23(34)27-15-3-5-18-20(10-15)31-25(36)29-18)7-14(12)8-17(22)24(35)28-16-4-6-19-21(11-16)32-26(37)30-19/h1-11,33H,(H,27,34)(H,28,35)(H2,29,31,36)(H2,30,32,37). The molecule has 4 aromatic carbocycles. The van der Waals surface area contributed by atoms with Crippen molar-refractivity contribution in [2.45, 2.75) is 0 Å². The molecule has 2 amide bonds. The summed E-state index contributed by atoms with van der Waals surface area (Å²) in [6.07, 6.45) is 0. The fourth-order valence-electron chi connectivity index (χ4n) is 4.23. The number of aromatic hydroxyl groups is 1. The van der Waals surface area contributed by atoms with Crippen LogP contribution < -0.4 is 22.0 Å². The zero-order valence-corrected chi connectivity index (χ0v) is 18.9. The number of hydrogen-bond acceptors (Lipinski definition) is 5. The molecule has 2 aromatic heterocycles. The van der Waals surface area contributed by atoms with Gasteiger partial charge >= 0.3 is 11.4 Å². The van der Waals surface area contributed by atoms with Gasteiger partial charge in [0.1, 0.15) is 5.75 Å². The Bertz CT molecular complexity index is 1990. The number of carbonyl (C=O) groups excluding carboxylic acids is 2. The number of amides is 2. The molecule has 6 rings (SSSR count). The first-order valence-electron chi connectivity index (χ1n) is 11.2. The minimum Gasteiger partial charge on any atom is -0.507 e. The molecule has 0 spiro atoms. The molecule has 0 aliphatic rings. The molecule has 0 bridgehead atoms. The second-order valence-corrected chi connectivity index (χ2v) is 8.52. The maximum atomic E-state index is 12.9. The van der Waals surface area contributed by atoms with Crippen LogP contribution in [0.15, 0.2) is 76.3 Å². The summed E-state index contributed by atoms with van der Waals surface area (Å²) in [6, 6.07) is 17.8. The highest BCUT2D eigenvalue weighted by Gasteiger charge is 2.15. The highest BCUT2D eigenvalue weighted by Crippen LogP contribution is 2.27. The zero-order chi connectivity index (χ0) is 25.7. The number of fused-ring (bicyclic) bond motifs is 3. The highest BCUT2D eigenvalue weighted by atomic mass is 16.3. The van der Waals surface area contributed by atoms with Crippen LogP contribution >= 0.6 is 0 Å². The van der Waals surface area contributed by atoms with E-state index in [1.807, 2.05) is 0 Å². The van der Waals surface area contributed by atoms with Crippen molar-refractivity contribution in [1.82, 2.24) is 19.9 Å². The van der Waals surface area contributed by atoms with E-state index < -0.39 is 5.91 Å². The number of aromatic nitrogens is 4. The molecule has 0 saturated heterocycles. The van der Waals surface area contributed by atoms with Crippen LogP contribution in [-0.4, -0.2) is 36.9 Å². The quantitative estimate of drug-likeness (QED) is 0.198. The second kappa shape index (κ2) is 8.27. The Morgan fingerprint density at radius 2 is 1.16 bits per heavy atom. The molecule has 182 valence electrons. The number of imidazole rings is 2. The summed E-state index contributed by atoms with van der Waals surface area (Å²) in [7, 11) is 0. The molecule has 0 aliphatic heterocycles. The van der Waals surface area contributed by atoms with E-state index in [1.165, 1.54) is 12.1 Å². The monoisotopic (exact) mass is 494 g/mol. The molecular formula is C26H18N6O5. The largest absolute Gasteiger partial charge is 0.507 e. The van der Waals surface area contributed by atoms with Gasteiger partial charge in [0.25, 0.3) is 11.8 Å².